The average molecular weight is 203 g/mol. The van der Waals surface area contributed by atoms with Gasteiger partial charge in [-0.25, -0.2) is 4.68 Å². The van der Waals surface area contributed by atoms with Gasteiger partial charge < -0.3 is 0 Å². The molecule has 1 heterocycles. The predicted octanol–water partition coefficient (Wildman–Crippen LogP) is 2.82. The summed E-state index contributed by atoms with van der Waals surface area (Å²) in [5, 5.41) is 7.73. The second kappa shape index (κ2) is 5.29. The lowest BCUT2D eigenvalue weighted by Gasteiger charge is -2.00. The number of rotatable bonds is 1. The van der Waals surface area contributed by atoms with Crippen LogP contribution in [0.3, 0.4) is 0 Å². The van der Waals surface area contributed by atoms with Gasteiger partial charge in [0.2, 0.25) is 0 Å². The molecular weight excluding hydrogens is 186 g/mol. The third-order valence-electron chi connectivity index (χ3n) is 2.03. The summed E-state index contributed by atoms with van der Waals surface area (Å²) < 4.78 is 1.77. The van der Waals surface area contributed by atoms with E-state index in [-0.39, 0.29) is 0 Å². The molecule has 0 unspecified atom stereocenters. The highest BCUT2D eigenvalue weighted by molar-refractivity contribution is 5.58. The third-order valence-corrected chi connectivity index (χ3v) is 2.03. The van der Waals surface area contributed by atoms with Crippen molar-refractivity contribution in [2.45, 2.75) is 20.8 Å². The maximum Gasteiger partial charge on any atom is 0.0882 e. The highest BCUT2D eigenvalue weighted by Crippen LogP contribution is 2.17. The Labute approximate surface area is 90.7 Å². The molecule has 3 heteroatoms. The first-order valence-corrected chi connectivity index (χ1v) is 5.19. The van der Waals surface area contributed by atoms with Gasteiger partial charge in [-0.2, -0.15) is 0 Å². The Morgan fingerprint density at radius 2 is 1.93 bits per heavy atom. The molecule has 0 saturated heterocycles. The van der Waals surface area contributed by atoms with Gasteiger partial charge in [-0.05, 0) is 13.0 Å². The molecule has 0 aliphatic carbocycles. The van der Waals surface area contributed by atoms with Gasteiger partial charge >= 0.3 is 0 Å². The van der Waals surface area contributed by atoms with Gasteiger partial charge in [0.25, 0.3) is 0 Å². The molecule has 0 saturated carbocycles. The van der Waals surface area contributed by atoms with Crippen LogP contribution in [0.25, 0.3) is 11.3 Å². The summed E-state index contributed by atoms with van der Waals surface area (Å²) in [6.45, 7) is 6.08. The molecule has 0 aliphatic rings. The van der Waals surface area contributed by atoms with E-state index in [9.17, 15) is 0 Å². The minimum Gasteiger partial charge on any atom is -0.248 e. The van der Waals surface area contributed by atoms with E-state index >= 15 is 0 Å². The normalized spacial score (nSPS) is 9.33. The second-order valence-electron chi connectivity index (χ2n) is 3.11. The average Bonchev–Trinajstić information content (AvgIpc) is 2.67. The summed E-state index contributed by atoms with van der Waals surface area (Å²) in [5.41, 5.74) is 3.45. The fourth-order valence-electron chi connectivity index (χ4n) is 1.36. The fourth-order valence-corrected chi connectivity index (χ4v) is 1.36. The van der Waals surface area contributed by atoms with Crippen molar-refractivity contribution in [2.24, 2.45) is 7.05 Å². The zero-order valence-corrected chi connectivity index (χ0v) is 9.73. The Hall–Kier alpha value is -1.64. The van der Waals surface area contributed by atoms with Crippen LogP contribution in [0.2, 0.25) is 0 Å². The van der Waals surface area contributed by atoms with Gasteiger partial charge in [-0.15, -0.1) is 5.10 Å². The number of aromatic nitrogens is 3. The van der Waals surface area contributed by atoms with Crippen molar-refractivity contribution in [3.8, 4) is 11.3 Å². The standard InChI is InChI=1S/C10H11N3.C2H6/c1-8-4-3-5-9(6-8)10-7-11-12-13(10)2;1-2/h3-7H,1-2H3;1-2H3. The Kier molecular flexibility index (Phi) is 4.03. The minimum absolute atomic E-state index is 1.05. The number of benzene rings is 1. The molecule has 0 fully saturated rings. The smallest absolute Gasteiger partial charge is 0.0882 e. The molecule has 1 aromatic carbocycles. The van der Waals surface area contributed by atoms with Crippen LogP contribution in [0.1, 0.15) is 19.4 Å². The molecule has 0 aliphatic heterocycles. The largest absolute Gasteiger partial charge is 0.248 e. The Morgan fingerprint density at radius 1 is 1.20 bits per heavy atom. The fraction of sp³-hybridized carbons (Fsp3) is 0.333. The summed E-state index contributed by atoms with van der Waals surface area (Å²) in [6, 6.07) is 8.30. The lowest BCUT2D eigenvalue weighted by Crippen LogP contribution is -1.93. The summed E-state index contributed by atoms with van der Waals surface area (Å²) in [7, 11) is 1.89. The molecule has 3 nitrogen and oxygen atoms in total. The predicted molar refractivity (Wildman–Crippen MR) is 62.5 cm³/mol. The van der Waals surface area contributed by atoms with Crippen LogP contribution in [-0.2, 0) is 7.05 Å². The van der Waals surface area contributed by atoms with Crippen molar-refractivity contribution in [2.75, 3.05) is 0 Å². The molecule has 2 rings (SSSR count). The van der Waals surface area contributed by atoms with E-state index in [1.807, 2.05) is 27.0 Å². The quantitative estimate of drug-likeness (QED) is 0.713. The van der Waals surface area contributed by atoms with Crippen molar-refractivity contribution in [1.29, 1.82) is 0 Å². The highest BCUT2D eigenvalue weighted by atomic mass is 15.4. The molecular formula is C12H17N3. The van der Waals surface area contributed by atoms with E-state index in [4.69, 9.17) is 0 Å². The van der Waals surface area contributed by atoms with E-state index < -0.39 is 0 Å². The monoisotopic (exact) mass is 203 g/mol. The molecule has 0 amide bonds. The number of nitrogens with zero attached hydrogens (tertiary/aromatic N) is 3. The maximum atomic E-state index is 3.89. The van der Waals surface area contributed by atoms with Gasteiger partial charge in [0.15, 0.2) is 0 Å². The number of hydrogen-bond donors (Lipinski definition) is 0. The minimum atomic E-state index is 1.05. The van der Waals surface area contributed by atoms with Crippen LogP contribution >= 0.6 is 0 Å². The molecule has 15 heavy (non-hydrogen) atoms. The Morgan fingerprint density at radius 3 is 2.47 bits per heavy atom. The molecule has 0 radical (unpaired) electrons. The van der Waals surface area contributed by atoms with Crippen LogP contribution in [0.5, 0.6) is 0 Å². The van der Waals surface area contributed by atoms with E-state index in [1.165, 1.54) is 5.56 Å². The molecule has 0 atom stereocenters. The lowest BCUT2D eigenvalue weighted by molar-refractivity contribution is 0.720. The molecule has 0 bridgehead atoms. The van der Waals surface area contributed by atoms with Gasteiger partial charge in [0.05, 0.1) is 11.9 Å². The first-order chi connectivity index (χ1) is 7.27. The van der Waals surface area contributed by atoms with Gasteiger partial charge in [0, 0.05) is 12.6 Å². The summed E-state index contributed by atoms with van der Waals surface area (Å²) in [5.74, 6) is 0. The van der Waals surface area contributed by atoms with Crippen LogP contribution < -0.4 is 0 Å². The zero-order chi connectivity index (χ0) is 11.3. The van der Waals surface area contributed by atoms with Crippen LogP contribution in [0.4, 0.5) is 0 Å². The molecule has 80 valence electrons. The van der Waals surface area contributed by atoms with Crippen molar-refractivity contribution < 1.29 is 0 Å². The van der Waals surface area contributed by atoms with Crippen LogP contribution in [0, 0.1) is 6.92 Å². The summed E-state index contributed by atoms with van der Waals surface area (Å²) in [4.78, 5) is 0. The summed E-state index contributed by atoms with van der Waals surface area (Å²) in [6.07, 6.45) is 1.77. The lowest BCUT2D eigenvalue weighted by atomic mass is 10.1. The van der Waals surface area contributed by atoms with Gasteiger partial charge in [-0.1, -0.05) is 42.8 Å². The van der Waals surface area contributed by atoms with Crippen molar-refractivity contribution in [1.82, 2.24) is 15.0 Å². The summed E-state index contributed by atoms with van der Waals surface area (Å²) >= 11 is 0. The van der Waals surface area contributed by atoms with Crippen molar-refractivity contribution >= 4 is 0 Å². The number of aryl methyl sites for hydroxylation is 2. The second-order valence-corrected chi connectivity index (χ2v) is 3.11. The number of hydrogen-bond acceptors (Lipinski definition) is 2. The Balaban J connectivity index is 0.000000531. The van der Waals surface area contributed by atoms with Gasteiger partial charge in [0.1, 0.15) is 0 Å². The SMILES string of the molecule is CC.Cc1cccc(-c2cnnn2C)c1. The zero-order valence-electron chi connectivity index (χ0n) is 9.73. The van der Waals surface area contributed by atoms with Gasteiger partial charge in [-0.3, -0.25) is 0 Å². The first kappa shape index (κ1) is 11.4. The van der Waals surface area contributed by atoms with Crippen LogP contribution in [0.15, 0.2) is 30.5 Å². The molecule has 0 N–H and O–H groups in total. The third kappa shape index (κ3) is 2.65. The Bertz CT molecular complexity index is 418. The topological polar surface area (TPSA) is 30.7 Å². The maximum absolute atomic E-state index is 3.89. The van der Waals surface area contributed by atoms with E-state index in [0.717, 1.165) is 11.3 Å². The van der Waals surface area contributed by atoms with E-state index in [0.29, 0.717) is 0 Å². The molecule has 0 spiro atoms. The molecule has 1 aromatic heterocycles. The van der Waals surface area contributed by atoms with Crippen molar-refractivity contribution in [3.05, 3.63) is 36.0 Å². The van der Waals surface area contributed by atoms with Crippen LogP contribution in [-0.4, -0.2) is 15.0 Å². The van der Waals surface area contributed by atoms with Crippen molar-refractivity contribution in [3.63, 3.8) is 0 Å². The van der Waals surface area contributed by atoms with E-state index in [1.54, 1.807) is 10.9 Å². The highest BCUT2D eigenvalue weighted by Gasteiger charge is 2.02. The van der Waals surface area contributed by atoms with E-state index in [2.05, 4.69) is 35.4 Å². The first-order valence-electron chi connectivity index (χ1n) is 5.19. The molecule has 2 aromatic rings.